The number of carbonyl (C=O) groups is 3. The summed E-state index contributed by atoms with van der Waals surface area (Å²) in [5.74, 6) is -1.75. The van der Waals surface area contributed by atoms with Crippen molar-refractivity contribution in [2.24, 2.45) is 51.2 Å². The average Bonchev–Trinajstić information content (AvgIpc) is 3.23. The SMILES string of the molecule is C[C@@H]1C[C@@]2(OC(=O)[C@H](C)[C@H]2C)O[C@@H]2CC3=C(CC[C@@H]4C(C)(C)[C@H](OC(=O)CC(=O)O)CC[C@]34C)[C@]3(C)CC[C@H]1[C@@]23C. The molecule has 2 saturated heterocycles. The molecule has 7 nitrogen and oxygen atoms in total. The van der Waals surface area contributed by atoms with E-state index in [1.807, 2.05) is 6.92 Å². The van der Waals surface area contributed by atoms with Crippen LogP contribution in [0.4, 0.5) is 0 Å². The summed E-state index contributed by atoms with van der Waals surface area (Å²) in [5, 5.41) is 9.10. The molecule has 4 fully saturated rings. The number of ether oxygens (including phenoxy) is 3. The van der Waals surface area contributed by atoms with Crippen LogP contribution in [-0.2, 0) is 28.6 Å². The first kappa shape index (κ1) is 29.2. The Bertz CT molecular complexity index is 1200. The van der Waals surface area contributed by atoms with E-state index < -0.39 is 24.1 Å². The number of esters is 2. The molecule has 6 rings (SSSR count). The van der Waals surface area contributed by atoms with Crippen LogP contribution in [-0.4, -0.2) is 41.0 Å². The zero-order chi connectivity index (χ0) is 29.9. The molecule has 228 valence electrons. The molecule has 1 spiro atoms. The molecule has 0 aromatic carbocycles. The summed E-state index contributed by atoms with van der Waals surface area (Å²) in [6, 6.07) is 0. The zero-order valence-electron chi connectivity index (χ0n) is 26.3. The monoisotopic (exact) mass is 570 g/mol. The maximum atomic E-state index is 12.9. The fourth-order valence-electron chi connectivity index (χ4n) is 11.5. The van der Waals surface area contributed by atoms with Crippen LogP contribution in [0, 0.1) is 51.2 Å². The number of aliphatic carboxylic acids is 1. The number of carbonyl (C=O) groups excluding carboxylic acids is 2. The van der Waals surface area contributed by atoms with Gasteiger partial charge in [0.25, 0.3) is 0 Å². The fraction of sp³-hybridized carbons (Fsp3) is 0.853. The van der Waals surface area contributed by atoms with Gasteiger partial charge >= 0.3 is 17.9 Å². The van der Waals surface area contributed by atoms with Gasteiger partial charge in [-0.3, -0.25) is 14.4 Å². The summed E-state index contributed by atoms with van der Waals surface area (Å²) in [4.78, 5) is 36.4. The van der Waals surface area contributed by atoms with Crippen molar-refractivity contribution in [1.29, 1.82) is 0 Å². The molecule has 2 aliphatic heterocycles. The van der Waals surface area contributed by atoms with E-state index in [2.05, 4.69) is 48.5 Å². The molecule has 1 N–H and O–H groups in total. The third-order valence-corrected chi connectivity index (χ3v) is 14.1. The largest absolute Gasteiger partial charge is 0.481 e. The molecular weight excluding hydrogens is 520 g/mol. The summed E-state index contributed by atoms with van der Waals surface area (Å²) < 4.78 is 19.3. The van der Waals surface area contributed by atoms with Gasteiger partial charge in [-0.1, -0.05) is 66.5 Å². The van der Waals surface area contributed by atoms with Gasteiger partial charge in [0.05, 0.1) is 12.0 Å². The van der Waals surface area contributed by atoms with Crippen molar-refractivity contribution in [3.8, 4) is 0 Å². The first-order chi connectivity index (χ1) is 19.0. The summed E-state index contributed by atoms with van der Waals surface area (Å²) in [7, 11) is 0. The van der Waals surface area contributed by atoms with Gasteiger partial charge in [-0.25, -0.2) is 0 Å². The number of hydrogen-bond acceptors (Lipinski definition) is 6. The highest BCUT2D eigenvalue weighted by molar-refractivity contribution is 5.90. The van der Waals surface area contributed by atoms with Crippen LogP contribution in [0.2, 0.25) is 0 Å². The highest BCUT2D eigenvalue weighted by Crippen LogP contribution is 2.74. The van der Waals surface area contributed by atoms with Crippen LogP contribution < -0.4 is 0 Å². The first-order valence-electron chi connectivity index (χ1n) is 16.1. The van der Waals surface area contributed by atoms with Crippen molar-refractivity contribution in [1.82, 2.24) is 0 Å². The summed E-state index contributed by atoms with van der Waals surface area (Å²) in [6.45, 7) is 18.3. The van der Waals surface area contributed by atoms with Crippen molar-refractivity contribution in [2.75, 3.05) is 0 Å². The van der Waals surface area contributed by atoms with E-state index in [1.165, 1.54) is 12.0 Å². The number of allylic oxidation sites excluding steroid dienone is 1. The Morgan fingerprint density at radius 3 is 2.34 bits per heavy atom. The Balaban J connectivity index is 1.39. The second-order valence-corrected chi connectivity index (χ2v) is 15.9. The van der Waals surface area contributed by atoms with Gasteiger partial charge in [-0.2, -0.15) is 0 Å². The average molecular weight is 571 g/mol. The fourth-order valence-corrected chi connectivity index (χ4v) is 11.5. The van der Waals surface area contributed by atoms with E-state index in [0.29, 0.717) is 17.8 Å². The third kappa shape index (κ3) is 3.75. The van der Waals surface area contributed by atoms with E-state index in [9.17, 15) is 14.4 Å². The predicted octanol–water partition coefficient (Wildman–Crippen LogP) is 6.68. The molecule has 6 aliphatic rings. The molecular formula is C34H50O7. The van der Waals surface area contributed by atoms with Crippen LogP contribution in [0.3, 0.4) is 0 Å². The zero-order valence-corrected chi connectivity index (χ0v) is 26.3. The molecule has 0 bridgehead atoms. The van der Waals surface area contributed by atoms with Gasteiger partial charge in [0.2, 0.25) is 5.79 Å². The van der Waals surface area contributed by atoms with E-state index in [4.69, 9.17) is 19.3 Å². The van der Waals surface area contributed by atoms with Gasteiger partial charge in [0, 0.05) is 23.2 Å². The van der Waals surface area contributed by atoms with Crippen LogP contribution in [0.15, 0.2) is 11.1 Å². The van der Waals surface area contributed by atoms with Gasteiger partial charge in [-0.05, 0) is 73.5 Å². The lowest BCUT2D eigenvalue weighted by molar-refractivity contribution is -0.269. The highest BCUT2D eigenvalue weighted by Gasteiger charge is 2.70. The van der Waals surface area contributed by atoms with Crippen molar-refractivity contribution in [3.63, 3.8) is 0 Å². The lowest BCUT2D eigenvalue weighted by atomic mass is 9.42. The van der Waals surface area contributed by atoms with Crippen molar-refractivity contribution in [2.45, 2.75) is 131 Å². The number of carboxylic acid groups (broad SMARTS) is 1. The molecule has 0 amide bonds. The highest BCUT2D eigenvalue weighted by atomic mass is 16.7. The molecule has 4 aliphatic carbocycles. The topological polar surface area (TPSA) is 99.1 Å². The number of hydrogen-bond donors (Lipinski definition) is 1. The molecule has 11 atom stereocenters. The van der Waals surface area contributed by atoms with Crippen molar-refractivity contribution >= 4 is 17.9 Å². The smallest absolute Gasteiger partial charge is 0.317 e. The summed E-state index contributed by atoms with van der Waals surface area (Å²) >= 11 is 0. The lowest BCUT2D eigenvalue weighted by Gasteiger charge is -2.63. The quantitative estimate of drug-likeness (QED) is 0.229. The second-order valence-electron chi connectivity index (χ2n) is 15.9. The Morgan fingerprint density at radius 1 is 1.00 bits per heavy atom. The minimum Gasteiger partial charge on any atom is -0.481 e. The van der Waals surface area contributed by atoms with Gasteiger partial charge in [-0.15, -0.1) is 0 Å². The van der Waals surface area contributed by atoms with Gasteiger partial charge < -0.3 is 19.3 Å². The predicted molar refractivity (Wildman–Crippen MR) is 152 cm³/mol. The maximum Gasteiger partial charge on any atom is 0.317 e. The molecule has 2 heterocycles. The molecule has 0 aromatic heterocycles. The van der Waals surface area contributed by atoms with Gasteiger partial charge in [0.15, 0.2) is 0 Å². The van der Waals surface area contributed by atoms with Crippen molar-refractivity contribution < 1.29 is 33.7 Å². The molecule has 2 saturated carbocycles. The van der Waals surface area contributed by atoms with Crippen LogP contribution in [0.5, 0.6) is 0 Å². The maximum absolute atomic E-state index is 12.9. The van der Waals surface area contributed by atoms with E-state index in [0.717, 1.165) is 44.9 Å². The number of fused-ring (bicyclic) bond motifs is 3. The van der Waals surface area contributed by atoms with Gasteiger partial charge in [0.1, 0.15) is 12.5 Å². The number of rotatable bonds is 3. The van der Waals surface area contributed by atoms with Crippen LogP contribution in [0.25, 0.3) is 0 Å². The summed E-state index contributed by atoms with van der Waals surface area (Å²) in [5.41, 5.74) is 2.83. The summed E-state index contributed by atoms with van der Waals surface area (Å²) in [6.07, 6.45) is 6.74. The second kappa shape index (κ2) is 9.06. The Kier molecular flexibility index (Phi) is 6.45. The molecule has 7 heteroatoms. The lowest BCUT2D eigenvalue weighted by Crippen LogP contribution is -2.59. The standard InChI is InChI=1S/C34H50O7/c1-18-17-34(20(3)19(2)29(38)41-34)40-26-15-23-22(32(7)14-11-21(18)33(26,32)8)9-10-24-30(4,5)25(12-13-31(23,24)6)39-28(37)16-27(35)36/h18-21,24-26H,9-17H2,1-8H3,(H,35,36)/t18-,19-,20-,21-,24-,25-,26-,31-,32+,33+,34+/m1/s1. The Hall–Kier alpha value is -1.89. The molecule has 41 heavy (non-hydrogen) atoms. The van der Waals surface area contributed by atoms with E-state index >= 15 is 0 Å². The van der Waals surface area contributed by atoms with E-state index in [1.54, 1.807) is 5.57 Å². The molecule has 0 radical (unpaired) electrons. The normalized spacial score (nSPS) is 50.0. The Morgan fingerprint density at radius 2 is 1.71 bits per heavy atom. The van der Waals surface area contributed by atoms with Crippen molar-refractivity contribution in [3.05, 3.63) is 11.1 Å². The number of carboxylic acids is 1. The minimum atomic E-state index is -1.15. The minimum absolute atomic E-state index is 0.00561. The first-order valence-corrected chi connectivity index (χ1v) is 16.1. The molecule has 0 unspecified atom stereocenters. The molecule has 0 aromatic rings. The van der Waals surface area contributed by atoms with Crippen LogP contribution >= 0.6 is 0 Å². The van der Waals surface area contributed by atoms with E-state index in [-0.39, 0.29) is 51.7 Å². The third-order valence-electron chi connectivity index (χ3n) is 14.1. The Labute approximate surface area is 245 Å². The van der Waals surface area contributed by atoms with Crippen LogP contribution in [0.1, 0.15) is 113 Å².